The van der Waals surface area contributed by atoms with Crippen LogP contribution in [0.4, 0.5) is 0 Å². The van der Waals surface area contributed by atoms with E-state index in [1.807, 2.05) is 30.3 Å². The molecule has 1 N–H and O–H groups in total. The van der Waals surface area contributed by atoms with Crippen molar-refractivity contribution >= 4 is 5.91 Å². The topological polar surface area (TPSA) is 53.7 Å². The molecular formula is C16H17NO3. The summed E-state index contributed by atoms with van der Waals surface area (Å²) in [6.07, 6.45) is 5.12. The third-order valence-corrected chi connectivity index (χ3v) is 3.81. The molecular weight excluding hydrogens is 254 g/mol. The van der Waals surface area contributed by atoms with Gasteiger partial charge in [0.25, 0.3) is 5.91 Å². The van der Waals surface area contributed by atoms with Gasteiger partial charge in [0.2, 0.25) is 0 Å². The number of hydrogen-bond acceptors (Lipinski definition) is 3. The molecule has 4 heteroatoms. The maximum Gasteiger partial charge on any atom is 0.254 e. The molecule has 1 amide bonds. The van der Waals surface area contributed by atoms with Gasteiger partial charge in [-0.2, -0.15) is 0 Å². The quantitative estimate of drug-likeness (QED) is 0.933. The van der Waals surface area contributed by atoms with Crippen LogP contribution in [0.15, 0.2) is 47.3 Å². The number of carbonyl (C=O) groups excluding carboxylic acids is 1. The van der Waals surface area contributed by atoms with Crippen LogP contribution in [-0.2, 0) is 0 Å². The van der Waals surface area contributed by atoms with Crippen molar-refractivity contribution in [3.63, 3.8) is 0 Å². The van der Waals surface area contributed by atoms with Crippen molar-refractivity contribution in [2.45, 2.75) is 18.9 Å². The molecule has 0 spiro atoms. The van der Waals surface area contributed by atoms with Gasteiger partial charge in [0.15, 0.2) is 0 Å². The first-order chi connectivity index (χ1) is 9.79. The Morgan fingerprint density at radius 2 is 2.25 bits per heavy atom. The van der Waals surface area contributed by atoms with E-state index in [2.05, 4.69) is 0 Å². The molecule has 0 aliphatic carbocycles. The van der Waals surface area contributed by atoms with E-state index >= 15 is 0 Å². The van der Waals surface area contributed by atoms with Crippen molar-refractivity contribution in [3.8, 4) is 11.1 Å². The maximum atomic E-state index is 12.5. The number of amides is 1. The number of rotatable bonds is 3. The smallest absolute Gasteiger partial charge is 0.254 e. The molecule has 1 aliphatic rings. The van der Waals surface area contributed by atoms with Gasteiger partial charge >= 0.3 is 0 Å². The molecule has 0 saturated carbocycles. The van der Waals surface area contributed by atoms with E-state index in [9.17, 15) is 9.90 Å². The lowest BCUT2D eigenvalue weighted by Gasteiger charge is -2.23. The highest BCUT2D eigenvalue weighted by atomic mass is 16.3. The van der Waals surface area contributed by atoms with Gasteiger partial charge < -0.3 is 14.4 Å². The second-order valence-corrected chi connectivity index (χ2v) is 5.07. The van der Waals surface area contributed by atoms with Gasteiger partial charge in [-0.25, -0.2) is 0 Å². The Kier molecular flexibility index (Phi) is 3.56. The minimum atomic E-state index is -0.0416. The molecule has 1 saturated heterocycles. The van der Waals surface area contributed by atoms with Crippen LogP contribution in [0.1, 0.15) is 23.2 Å². The van der Waals surface area contributed by atoms with Crippen LogP contribution in [-0.4, -0.2) is 35.1 Å². The fourth-order valence-corrected chi connectivity index (χ4v) is 2.72. The lowest BCUT2D eigenvalue weighted by molar-refractivity contribution is 0.0677. The SMILES string of the molecule is O=C(c1cccc(-c2ccoc2)c1)N1CCC[C@H]1CO. The molecule has 3 rings (SSSR count). The average molecular weight is 271 g/mol. The van der Waals surface area contributed by atoms with Crippen molar-refractivity contribution in [1.29, 1.82) is 0 Å². The Bertz CT molecular complexity index is 592. The number of aliphatic hydroxyl groups excluding tert-OH is 1. The Labute approximate surface area is 117 Å². The summed E-state index contributed by atoms with van der Waals surface area (Å²) in [5.41, 5.74) is 2.58. The number of likely N-dealkylation sites (tertiary alicyclic amines) is 1. The normalized spacial score (nSPS) is 18.4. The average Bonchev–Trinajstić information content (AvgIpc) is 3.17. The Hall–Kier alpha value is -2.07. The molecule has 1 aliphatic heterocycles. The lowest BCUT2D eigenvalue weighted by Crippen LogP contribution is -2.37. The van der Waals surface area contributed by atoms with E-state index in [0.717, 1.165) is 30.5 Å². The number of furan rings is 1. The molecule has 1 aromatic carbocycles. The van der Waals surface area contributed by atoms with Crippen LogP contribution in [0.5, 0.6) is 0 Å². The molecule has 1 fully saturated rings. The van der Waals surface area contributed by atoms with Gasteiger partial charge in [-0.3, -0.25) is 4.79 Å². The predicted octanol–water partition coefficient (Wildman–Crippen LogP) is 2.54. The van der Waals surface area contributed by atoms with Crippen LogP contribution in [0.25, 0.3) is 11.1 Å². The van der Waals surface area contributed by atoms with E-state index < -0.39 is 0 Å². The van der Waals surface area contributed by atoms with Gasteiger partial charge in [0, 0.05) is 17.7 Å². The van der Waals surface area contributed by atoms with E-state index in [1.165, 1.54) is 0 Å². The molecule has 1 aromatic heterocycles. The second kappa shape index (κ2) is 5.51. The lowest BCUT2D eigenvalue weighted by atomic mass is 10.0. The zero-order valence-electron chi connectivity index (χ0n) is 11.2. The minimum Gasteiger partial charge on any atom is -0.472 e. The summed E-state index contributed by atoms with van der Waals surface area (Å²) < 4.78 is 5.08. The first-order valence-corrected chi connectivity index (χ1v) is 6.84. The van der Waals surface area contributed by atoms with E-state index in [0.29, 0.717) is 5.56 Å². The first-order valence-electron chi connectivity index (χ1n) is 6.84. The third kappa shape index (κ3) is 2.34. The van der Waals surface area contributed by atoms with Crippen molar-refractivity contribution in [2.75, 3.05) is 13.2 Å². The van der Waals surface area contributed by atoms with Crippen molar-refractivity contribution < 1.29 is 14.3 Å². The van der Waals surface area contributed by atoms with Gasteiger partial charge in [-0.1, -0.05) is 12.1 Å². The number of hydrogen-bond donors (Lipinski definition) is 1. The van der Waals surface area contributed by atoms with E-state index in [-0.39, 0.29) is 18.6 Å². The maximum absolute atomic E-state index is 12.5. The Morgan fingerprint density at radius 3 is 3.00 bits per heavy atom. The highest BCUT2D eigenvalue weighted by molar-refractivity contribution is 5.95. The standard InChI is InChI=1S/C16H17NO3/c18-10-15-5-2-7-17(15)16(19)13-4-1-3-12(9-13)14-6-8-20-11-14/h1,3-4,6,8-9,11,15,18H,2,5,7,10H2/t15-/m0/s1. The fourth-order valence-electron chi connectivity index (χ4n) is 2.72. The summed E-state index contributed by atoms with van der Waals surface area (Å²) in [6.45, 7) is 0.757. The van der Waals surface area contributed by atoms with Crippen molar-refractivity contribution in [2.24, 2.45) is 0 Å². The van der Waals surface area contributed by atoms with Crippen LogP contribution in [0, 0.1) is 0 Å². The molecule has 104 valence electrons. The molecule has 2 aromatic rings. The fraction of sp³-hybridized carbons (Fsp3) is 0.312. The van der Waals surface area contributed by atoms with E-state index in [1.54, 1.807) is 17.4 Å². The Balaban J connectivity index is 1.87. The highest BCUT2D eigenvalue weighted by Gasteiger charge is 2.28. The summed E-state index contributed by atoms with van der Waals surface area (Å²) >= 11 is 0. The van der Waals surface area contributed by atoms with Gasteiger partial charge in [-0.15, -0.1) is 0 Å². The molecule has 20 heavy (non-hydrogen) atoms. The predicted molar refractivity (Wildman–Crippen MR) is 75.3 cm³/mol. The summed E-state index contributed by atoms with van der Waals surface area (Å²) in [5.74, 6) is -0.00750. The first kappa shape index (κ1) is 12.9. The molecule has 1 atom stereocenters. The number of carbonyl (C=O) groups is 1. The van der Waals surface area contributed by atoms with Crippen molar-refractivity contribution in [3.05, 3.63) is 48.4 Å². The van der Waals surface area contributed by atoms with Crippen LogP contribution < -0.4 is 0 Å². The summed E-state index contributed by atoms with van der Waals surface area (Å²) in [5, 5.41) is 9.33. The molecule has 0 bridgehead atoms. The van der Waals surface area contributed by atoms with Gasteiger partial charge in [0.1, 0.15) is 0 Å². The largest absolute Gasteiger partial charge is 0.472 e. The Morgan fingerprint density at radius 1 is 1.35 bits per heavy atom. The summed E-state index contributed by atoms with van der Waals surface area (Å²) in [7, 11) is 0. The van der Waals surface area contributed by atoms with Crippen LogP contribution in [0.3, 0.4) is 0 Å². The monoisotopic (exact) mass is 271 g/mol. The van der Waals surface area contributed by atoms with Crippen molar-refractivity contribution in [1.82, 2.24) is 4.90 Å². The van der Waals surface area contributed by atoms with E-state index in [4.69, 9.17) is 4.42 Å². The number of benzene rings is 1. The number of nitrogens with zero attached hydrogens (tertiary/aromatic N) is 1. The molecule has 0 radical (unpaired) electrons. The highest BCUT2D eigenvalue weighted by Crippen LogP contribution is 2.24. The summed E-state index contributed by atoms with van der Waals surface area (Å²) in [4.78, 5) is 14.3. The van der Waals surface area contributed by atoms with Gasteiger partial charge in [-0.05, 0) is 36.6 Å². The second-order valence-electron chi connectivity index (χ2n) is 5.07. The van der Waals surface area contributed by atoms with Gasteiger partial charge in [0.05, 0.1) is 25.2 Å². The third-order valence-electron chi connectivity index (χ3n) is 3.81. The minimum absolute atomic E-state index is 0.00750. The molecule has 2 heterocycles. The molecule has 4 nitrogen and oxygen atoms in total. The number of aliphatic hydroxyl groups is 1. The zero-order chi connectivity index (χ0) is 13.9. The summed E-state index contributed by atoms with van der Waals surface area (Å²) in [6, 6.07) is 9.35. The molecule has 0 unspecified atom stereocenters. The van der Waals surface area contributed by atoms with Crippen LogP contribution >= 0.6 is 0 Å². The zero-order valence-corrected chi connectivity index (χ0v) is 11.2. The van der Waals surface area contributed by atoms with Crippen LogP contribution in [0.2, 0.25) is 0 Å².